The van der Waals surface area contributed by atoms with Gasteiger partial charge in [0.1, 0.15) is 5.75 Å². The Labute approximate surface area is 162 Å². The van der Waals surface area contributed by atoms with Crippen LogP contribution < -0.4 is 15.4 Å². The van der Waals surface area contributed by atoms with E-state index in [1.165, 1.54) is 18.5 Å². The molecule has 0 spiro atoms. The molecule has 1 aromatic carbocycles. The largest absolute Gasteiger partial charge is 0.494 e. The van der Waals surface area contributed by atoms with Gasteiger partial charge in [0.2, 0.25) is 0 Å². The molecule has 0 atom stereocenters. The van der Waals surface area contributed by atoms with E-state index in [0.29, 0.717) is 30.0 Å². The van der Waals surface area contributed by atoms with E-state index in [1.807, 2.05) is 19.1 Å². The number of hydrogen-bond donors (Lipinski definition) is 2. The number of carbonyl (C=O) groups is 2. The molecule has 0 fully saturated rings. The van der Waals surface area contributed by atoms with Crippen molar-refractivity contribution in [3.63, 3.8) is 0 Å². The standard InChI is InChI=1S/C21H20N4O3/c1-2-28-19-5-3-18(4-6-19)25-21(27)17-11-16(13-23-14-17)20(26)24-12-15-7-9-22-10-8-15/h3-11,13-14H,2,12H2,1H3,(H,24,26)(H,25,27). The summed E-state index contributed by atoms with van der Waals surface area (Å²) in [4.78, 5) is 32.7. The van der Waals surface area contributed by atoms with Crippen molar-refractivity contribution in [1.82, 2.24) is 15.3 Å². The van der Waals surface area contributed by atoms with Gasteiger partial charge in [0.25, 0.3) is 11.8 Å². The summed E-state index contributed by atoms with van der Waals surface area (Å²) in [5, 5.41) is 5.58. The quantitative estimate of drug-likeness (QED) is 0.661. The molecule has 0 aliphatic heterocycles. The third-order valence-electron chi connectivity index (χ3n) is 3.89. The van der Waals surface area contributed by atoms with E-state index in [2.05, 4.69) is 20.6 Å². The average Bonchev–Trinajstić information content (AvgIpc) is 2.74. The summed E-state index contributed by atoms with van der Waals surface area (Å²) in [6, 6.07) is 12.2. The highest BCUT2D eigenvalue weighted by Crippen LogP contribution is 2.16. The molecule has 0 saturated carbocycles. The lowest BCUT2D eigenvalue weighted by atomic mass is 10.1. The lowest BCUT2D eigenvalue weighted by Crippen LogP contribution is -2.23. The summed E-state index contributed by atoms with van der Waals surface area (Å²) >= 11 is 0. The summed E-state index contributed by atoms with van der Waals surface area (Å²) in [6.45, 7) is 2.85. The topological polar surface area (TPSA) is 93.2 Å². The molecule has 142 valence electrons. The number of benzene rings is 1. The van der Waals surface area contributed by atoms with Gasteiger partial charge < -0.3 is 15.4 Å². The van der Waals surface area contributed by atoms with Gasteiger partial charge in [-0.1, -0.05) is 0 Å². The summed E-state index contributed by atoms with van der Waals surface area (Å²) in [5.41, 5.74) is 2.17. The van der Waals surface area contributed by atoms with Crippen LogP contribution in [0.4, 0.5) is 5.69 Å². The average molecular weight is 376 g/mol. The molecule has 7 heteroatoms. The third kappa shape index (κ3) is 5.14. The highest BCUT2D eigenvalue weighted by Gasteiger charge is 2.12. The lowest BCUT2D eigenvalue weighted by Gasteiger charge is -2.08. The van der Waals surface area contributed by atoms with Crippen LogP contribution in [0.2, 0.25) is 0 Å². The second kappa shape index (κ2) is 9.27. The fraction of sp³-hybridized carbons (Fsp3) is 0.143. The SMILES string of the molecule is CCOc1ccc(NC(=O)c2cncc(C(=O)NCc3ccncc3)c2)cc1. The van der Waals surface area contributed by atoms with E-state index >= 15 is 0 Å². The van der Waals surface area contributed by atoms with Gasteiger partial charge in [-0.2, -0.15) is 0 Å². The number of amides is 2. The maximum absolute atomic E-state index is 12.5. The smallest absolute Gasteiger partial charge is 0.257 e. The Hall–Kier alpha value is -3.74. The van der Waals surface area contributed by atoms with Gasteiger partial charge in [0, 0.05) is 37.0 Å². The molecule has 0 bridgehead atoms. The number of aromatic nitrogens is 2. The van der Waals surface area contributed by atoms with Gasteiger partial charge in [-0.3, -0.25) is 19.6 Å². The van der Waals surface area contributed by atoms with Crippen LogP contribution >= 0.6 is 0 Å². The first kappa shape index (κ1) is 19.0. The number of ether oxygens (including phenoxy) is 1. The van der Waals surface area contributed by atoms with Crippen LogP contribution in [0, 0.1) is 0 Å². The Morgan fingerprint density at radius 1 is 0.929 bits per heavy atom. The fourth-order valence-corrected chi connectivity index (χ4v) is 2.48. The van der Waals surface area contributed by atoms with E-state index in [9.17, 15) is 9.59 Å². The number of anilines is 1. The van der Waals surface area contributed by atoms with E-state index in [1.54, 1.807) is 36.7 Å². The predicted octanol–water partition coefficient (Wildman–Crippen LogP) is 3.06. The van der Waals surface area contributed by atoms with Gasteiger partial charge in [0.15, 0.2) is 0 Å². The van der Waals surface area contributed by atoms with E-state index in [4.69, 9.17) is 4.74 Å². The van der Waals surface area contributed by atoms with Crippen molar-refractivity contribution in [2.45, 2.75) is 13.5 Å². The zero-order valence-corrected chi connectivity index (χ0v) is 15.4. The zero-order valence-electron chi connectivity index (χ0n) is 15.4. The van der Waals surface area contributed by atoms with Crippen molar-refractivity contribution in [1.29, 1.82) is 0 Å². The lowest BCUT2D eigenvalue weighted by molar-refractivity contribution is 0.0950. The molecule has 0 aliphatic rings. The van der Waals surface area contributed by atoms with Crippen molar-refractivity contribution in [2.24, 2.45) is 0 Å². The first-order valence-corrected chi connectivity index (χ1v) is 8.82. The minimum atomic E-state index is -0.347. The maximum Gasteiger partial charge on any atom is 0.257 e. The van der Waals surface area contributed by atoms with Crippen LogP contribution in [0.25, 0.3) is 0 Å². The predicted molar refractivity (Wildman–Crippen MR) is 105 cm³/mol. The molecule has 0 radical (unpaired) electrons. The molecule has 0 aliphatic carbocycles. The number of rotatable bonds is 7. The third-order valence-corrected chi connectivity index (χ3v) is 3.89. The molecule has 3 aromatic rings. The molecule has 0 unspecified atom stereocenters. The molecule has 2 aromatic heterocycles. The Bertz CT molecular complexity index is 943. The number of pyridine rings is 2. The highest BCUT2D eigenvalue weighted by atomic mass is 16.5. The van der Waals surface area contributed by atoms with Crippen molar-refractivity contribution < 1.29 is 14.3 Å². The number of nitrogens with zero attached hydrogens (tertiary/aromatic N) is 2. The van der Waals surface area contributed by atoms with Crippen molar-refractivity contribution >= 4 is 17.5 Å². The summed E-state index contributed by atoms with van der Waals surface area (Å²) in [7, 11) is 0. The number of hydrogen-bond acceptors (Lipinski definition) is 5. The van der Waals surface area contributed by atoms with Crippen LogP contribution in [0.1, 0.15) is 33.2 Å². The Balaban J connectivity index is 1.63. The Kier molecular flexibility index (Phi) is 6.30. The fourth-order valence-electron chi connectivity index (χ4n) is 2.48. The van der Waals surface area contributed by atoms with E-state index in [-0.39, 0.29) is 11.8 Å². The summed E-state index contributed by atoms with van der Waals surface area (Å²) < 4.78 is 5.38. The van der Waals surface area contributed by atoms with Crippen molar-refractivity contribution in [3.05, 3.63) is 83.9 Å². The molecule has 28 heavy (non-hydrogen) atoms. The van der Waals surface area contributed by atoms with Crippen LogP contribution in [-0.2, 0) is 6.54 Å². The monoisotopic (exact) mass is 376 g/mol. The second-order valence-corrected chi connectivity index (χ2v) is 5.91. The Morgan fingerprint density at radius 3 is 2.29 bits per heavy atom. The molecule has 7 nitrogen and oxygen atoms in total. The van der Waals surface area contributed by atoms with Gasteiger partial charge in [0.05, 0.1) is 17.7 Å². The minimum Gasteiger partial charge on any atom is -0.494 e. The van der Waals surface area contributed by atoms with Gasteiger partial charge in [-0.15, -0.1) is 0 Å². The van der Waals surface area contributed by atoms with Crippen LogP contribution in [0.5, 0.6) is 5.75 Å². The summed E-state index contributed by atoms with van der Waals surface area (Å²) in [5.74, 6) is 0.0792. The minimum absolute atomic E-state index is 0.297. The normalized spacial score (nSPS) is 10.2. The van der Waals surface area contributed by atoms with Gasteiger partial charge in [-0.25, -0.2) is 0 Å². The first-order chi connectivity index (χ1) is 13.7. The van der Waals surface area contributed by atoms with Crippen LogP contribution in [0.3, 0.4) is 0 Å². The Morgan fingerprint density at radius 2 is 1.61 bits per heavy atom. The highest BCUT2D eigenvalue weighted by molar-refractivity contribution is 6.05. The van der Waals surface area contributed by atoms with Crippen molar-refractivity contribution in [2.75, 3.05) is 11.9 Å². The van der Waals surface area contributed by atoms with Crippen LogP contribution in [-0.4, -0.2) is 28.4 Å². The van der Waals surface area contributed by atoms with E-state index < -0.39 is 0 Å². The molecule has 0 saturated heterocycles. The molecule has 2 heterocycles. The van der Waals surface area contributed by atoms with Crippen molar-refractivity contribution in [3.8, 4) is 5.75 Å². The second-order valence-electron chi connectivity index (χ2n) is 5.91. The van der Waals surface area contributed by atoms with E-state index in [0.717, 1.165) is 11.3 Å². The zero-order chi connectivity index (χ0) is 19.8. The molecule has 2 N–H and O–H groups in total. The van der Waals surface area contributed by atoms with Gasteiger partial charge >= 0.3 is 0 Å². The first-order valence-electron chi connectivity index (χ1n) is 8.82. The summed E-state index contributed by atoms with van der Waals surface area (Å²) in [6.07, 6.45) is 6.17. The maximum atomic E-state index is 12.5. The molecular weight excluding hydrogens is 356 g/mol. The molecular formula is C21H20N4O3. The number of nitrogens with one attached hydrogen (secondary N) is 2. The van der Waals surface area contributed by atoms with Gasteiger partial charge in [-0.05, 0) is 55.0 Å². The van der Waals surface area contributed by atoms with Crippen LogP contribution in [0.15, 0.2) is 67.3 Å². The number of carbonyl (C=O) groups excluding carboxylic acids is 2. The molecule has 2 amide bonds. The molecule has 3 rings (SSSR count).